The largest absolute Gasteiger partial charge is 0.416 e. The van der Waals surface area contributed by atoms with E-state index in [0.717, 1.165) is 92.5 Å². The number of anilines is 3. The van der Waals surface area contributed by atoms with E-state index in [-0.39, 0.29) is 35.6 Å². The van der Waals surface area contributed by atoms with Crippen LogP contribution in [0.2, 0.25) is 0 Å². The molecule has 3 unspecified atom stereocenters. The van der Waals surface area contributed by atoms with Gasteiger partial charge in [-0.1, -0.05) is 44.6 Å². The monoisotopic (exact) mass is 917 g/mol. The molecule has 4 amide bonds. The van der Waals surface area contributed by atoms with E-state index in [4.69, 9.17) is 23.2 Å². The van der Waals surface area contributed by atoms with Crippen molar-refractivity contribution in [1.82, 2.24) is 10.6 Å². The van der Waals surface area contributed by atoms with Gasteiger partial charge in [0, 0.05) is 45.4 Å². The molecular weight excluding hydrogens is 867 g/mol. The van der Waals surface area contributed by atoms with Gasteiger partial charge < -0.3 is 15.5 Å². The van der Waals surface area contributed by atoms with E-state index in [2.05, 4.69) is 15.5 Å². The first-order valence-electron chi connectivity index (χ1n) is 20.9. The lowest BCUT2D eigenvalue weighted by molar-refractivity contribution is -0.137. The first-order valence-corrected chi connectivity index (χ1v) is 23.7. The Balaban J connectivity index is 1.29. The summed E-state index contributed by atoms with van der Waals surface area (Å²) in [6.45, 7) is 4.60. The summed E-state index contributed by atoms with van der Waals surface area (Å²) >= 11 is 15.0. The third-order valence-electron chi connectivity index (χ3n) is 11.6. The number of hydrogen-bond acceptors (Lipinski definition) is 7. The molecule has 2 aromatic carbocycles. The molecular formula is C45H52Cl2F3N5O4S2. The van der Waals surface area contributed by atoms with Crippen molar-refractivity contribution in [2.45, 2.75) is 114 Å². The molecule has 2 aliphatic rings. The lowest BCUT2D eigenvalue weighted by atomic mass is 9.95. The van der Waals surface area contributed by atoms with Crippen LogP contribution >= 0.6 is 45.9 Å². The number of nitrogens with one attached hydrogen (secondary N) is 2. The number of hydrogen-bond donors (Lipinski definition) is 2. The number of carbonyl (C=O) groups is 4. The third kappa shape index (κ3) is 11.3. The molecule has 3 atom stereocenters. The van der Waals surface area contributed by atoms with E-state index >= 15 is 0 Å². The van der Waals surface area contributed by atoms with Crippen molar-refractivity contribution in [3.63, 3.8) is 0 Å². The Morgan fingerprint density at radius 2 is 1.18 bits per heavy atom. The Hall–Kier alpha value is -4.11. The molecule has 6 rings (SSSR count). The summed E-state index contributed by atoms with van der Waals surface area (Å²) in [7, 11) is 0. The molecule has 2 aliphatic carbocycles. The smallest absolute Gasteiger partial charge is 0.365 e. The van der Waals surface area contributed by atoms with E-state index in [1.165, 1.54) is 44.6 Å². The van der Waals surface area contributed by atoms with Gasteiger partial charge in [-0.25, -0.2) is 0 Å². The maximum absolute atomic E-state index is 14.3. The molecule has 16 heteroatoms. The van der Waals surface area contributed by atoms with Crippen molar-refractivity contribution in [2.24, 2.45) is 0 Å². The van der Waals surface area contributed by atoms with E-state index in [9.17, 15) is 32.3 Å². The zero-order chi connectivity index (χ0) is 43.7. The first-order chi connectivity index (χ1) is 29.3. The SMILES string of the molecule is CCN(c1ccc(N(C(=O)CCl)C(C(=O)NC2CCCCC2)c2cccs2)cc1)C(C)c1csc(C(C(=O)NC2CCCCC2)N(C(=O)CCl)c2ccc(C(F)(F)F)cc2)c1. The molecule has 2 fully saturated rings. The number of halogens is 5. The van der Waals surface area contributed by atoms with Gasteiger partial charge in [0.15, 0.2) is 0 Å². The van der Waals surface area contributed by atoms with Gasteiger partial charge in [-0.05, 0) is 117 Å². The van der Waals surface area contributed by atoms with Crippen LogP contribution in [0.3, 0.4) is 0 Å². The fourth-order valence-corrected chi connectivity index (χ4v) is 10.6. The number of thiophene rings is 2. The van der Waals surface area contributed by atoms with Gasteiger partial charge >= 0.3 is 6.18 Å². The standard InChI is InChI=1S/C45H52Cl2F3N5O4S2/c1-3-53(34-20-22-36(23-21-34)54(39(56)26-46)41(37-15-10-24-60-37)43(58)51-32-11-6-4-7-12-32)29(2)30-25-38(61-28-30)42(44(59)52-33-13-8-5-9-14-33)55(40(57)27-47)35-18-16-31(17-19-35)45(48,49)50/h10,15-25,28-29,32-33,41-42H,3-9,11-14,26-27H2,1-2H3,(H,51,58)(H,52,59). The summed E-state index contributed by atoms with van der Waals surface area (Å²) in [5.41, 5.74) is 1.45. The number of benzene rings is 2. The maximum atomic E-state index is 14.3. The predicted molar refractivity (Wildman–Crippen MR) is 240 cm³/mol. The second-order valence-corrected chi connectivity index (χ2v) is 18.1. The normalized spacial score (nSPS) is 16.6. The van der Waals surface area contributed by atoms with E-state index in [1.807, 2.05) is 67.1 Å². The highest BCUT2D eigenvalue weighted by Crippen LogP contribution is 2.39. The Bertz CT molecular complexity index is 2070. The van der Waals surface area contributed by atoms with Crippen LogP contribution in [0, 0.1) is 0 Å². The lowest BCUT2D eigenvalue weighted by Gasteiger charge is -2.33. The predicted octanol–water partition coefficient (Wildman–Crippen LogP) is 10.9. The molecule has 61 heavy (non-hydrogen) atoms. The number of rotatable bonds is 16. The highest BCUT2D eigenvalue weighted by molar-refractivity contribution is 7.10. The van der Waals surface area contributed by atoms with E-state index in [1.54, 1.807) is 0 Å². The molecule has 2 heterocycles. The van der Waals surface area contributed by atoms with E-state index < -0.39 is 47.4 Å². The molecule has 2 N–H and O–H groups in total. The Morgan fingerprint density at radius 3 is 1.62 bits per heavy atom. The zero-order valence-corrected chi connectivity index (χ0v) is 37.4. The number of amides is 4. The van der Waals surface area contributed by atoms with Crippen LogP contribution in [0.25, 0.3) is 0 Å². The lowest BCUT2D eigenvalue weighted by Crippen LogP contribution is -2.47. The summed E-state index contributed by atoms with van der Waals surface area (Å²) in [6.07, 6.45) is 5.01. The van der Waals surface area contributed by atoms with Gasteiger partial charge in [-0.2, -0.15) is 13.2 Å². The molecule has 0 aliphatic heterocycles. The second kappa shape index (κ2) is 21.3. The minimum Gasteiger partial charge on any atom is -0.365 e. The van der Waals surface area contributed by atoms with Crippen LogP contribution in [-0.4, -0.2) is 54.0 Å². The maximum Gasteiger partial charge on any atom is 0.416 e. The summed E-state index contributed by atoms with van der Waals surface area (Å²) in [6, 6.07) is 14.8. The zero-order valence-electron chi connectivity index (χ0n) is 34.3. The highest BCUT2D eigenvalue weighted by atomic mass is 35.5. The molecule has 4 aromatic rings. The minimum atomic E-state index is -4.58. The van der Waals surface area contributed by atoms with Crippen LogP contribution < -0.4 is 25.3 Å². The number of alkyl halides is 5. The Labute approximate surface area is 373 Å². The van der Waals surface area contributed by atoms with Crippen LogP contribution in [0.4, 0.5) is 30.2 Å². The van der Waals surface area contributed by atoms with Crippen LogP contribution in [0.5, 0.6) is 0 Å². The molecule has 0 bridgehead atoms. The van der Waals surface area contributed by atoms with Crippen LogP contribution in [0.1, 0.15) is 117 Å². The van der Waals surface area contributed by atoms with Crippen molar-refractivity contribution in [1.29, 1.82) is 0 Å². The molecule has 0 spiro atoms. The van der Waals surface area contributed by atoms with Gasteiger partial charge in [0.1, 0.15) is 23.8 Å². The summed E-state index contributed by atoms with van der Waals surface area (Å²) in [5, 5.41) is 10.1. The van der Waals surface area contributed by atoms with E-state index in [0.29, 0.717) is 17.1 Å². The highest BCUT2D eigenvalue weighted by Gasteiger charge is 2.38. The minimum absolute atomic E-state index is 0.0477. The van der Waals surface area contributed by atoms with Crippen molar-refractivity contribution in [2.75, 3.05) is 33.0 Å². The topological polar surface area (TPSA) is 102 Å². The molecule has 0 saturated heterocycles. The van der Waals surface area contributed by atoms with Gasteiger partial charge in [-0.3, -0.25) is 29.0 Å². The molecule has 2 saturated carbocycles. The van der Waals surface area contributed by atoms with Gasteiger partial charge in [0.05, 0.1) is 11.6 Å². The fraction of sp³-hybridized carbons (Fsp3) is 0.467. The average molecular weight is 919 g/mol. The van der Waals surface area contributed by atoms with Gasteiger partial charge in [0.2, 0.25) is 23.6 Å². The third-order valence-corrected chi connectivity index (χ3v) is 14.0. The Kier molecular flexibility index (Phi) is 16.2. The Morgan fingerprint density at radius 1 is 0.705 bits per heavy atom. The average Bonchev–Trinajstić information content (AvgIpc) is 3.99. The number of nitrogens with zero attached hydrogens (tertiary/aromatic N) is 3. The molecule has 0 radical (unpaired) electrons. The number of carbonyl (C=O) groups excluding carboxylic acids is 4. The van der Waals surface area contributed by atoms with Crippen LogP contribution in [0.15, 0.2) is 77.5 Å². The summed E-state index contributed by atoms with van der Waals surface area (Å²) in [5.74, 6) is -2.51. The fourth-order valence-electron chi connectivity index (χ4n) is 8.46. The van der Waals surface area contributed by atoms with Crippen molar-refractivity contribution in [3.05, 3.63) is 98.4 Å². The quantitative estimate of drug-likeness (QED) is 0.109. The first kappa shape index (κ1) is 46.4. The van der Waals surface area contributed by atoms with Gasteiger partial charge in [-0.15, -0.1) is 45.9 Å². The van der Waals surface area contributed by atoms with Crippen molar-refractivity contribution >= 4 is 86.6 Å². The van der Waals surface area contributed by atoms with Gasteiger partial charge in [0.25, 0.3) is 0 Å². The molecule has 9 nitrogen and oxygen atoms in total. The molecule has 2 aromatic heterocycles. The van der Waals surface area contributed by atoms with Crippen molar-refractivity contribution < 1.29 is 32.3 Å². The van der Waals surface area contributed by atoms with Crippen LogP contribution in [-0.2, 0) is 25.4 Å². The summed E-state index contributed by atoms with van der Waals surface area (Å²) < 4.78 is 40.6. The second-order valence-electron chi connectivity index (χ2n) is 15.6. The summed E-state index contributed by atoms with van der Waals surface area (Å²) in [4.78, 5) is 61.5. The van der Waals surface area contributed by atoms with Crippen molar-refractivity contribution in [3.8, 4) is 0 Å². The molecule has 328 valence electrons.